The smallest absolute Gasteiger partial charge is 0.731 e. The first-order valence-electron chi connectivity index (χ1n) is 10.4. The van der Waals surface area contributed by atoms with E-state index in [2.05, 4.69) is 31.6 Å². The van der Waals surface area contributed by atoms with Crippen LogP contribution in [0.25, 0.3) is 0 Å². The number of allylic oxidation sites excluding steroid dienone is 1. The number of nitrogens with zero attached hydrogens (tertiary/aromatic N) is 2. The van der Waals surface area contributed by atoms with Crippen molar-refractivity contribution in [1.82, 2.24) is 14.9 Å². The molecule has 3 aliphatic heterocycles. The number of nitrogens with one attached hydrogen (secondary N) is 2. The van der Waals surface area contributed by atoms with Crippen molar-refractivity contribution >= 4 is 65.7 Å². The molecule has 2 unspecified atom stereocenters. The molecule has 1 aromatic rings. The second kappa shape index (κ2) is 11.3. The van der Waals surface area contributed by atoms with Crippen molar-refractivity contribution in [2.45, 2.75) is 19.0 Å². The number of fused-ring (bicyclic) bond motifs is 1. The predicted molar refractivity (Wildman–Crippen MR) is 130 cm³/mol. The van der Waals surface area contributed by atoms with Gasteiger partial charge in [0.15, 0.2) is 16.1 Å². The van der Waals surface area contributed by atoms with Crippen LogP contribution >= 0.6 is 15.9 Å². The number of β-lactam (4-membered cyclic amide) rings is 1. The molecule has 0 saturated carbocycles. The quantitative estimate of drug-likeness (QED) is 0.109. The maximum atomic E-state index is 13.3. The van der Waals surface area contributed by atoms with Crippen LogP contribution in [-0.4, -0.2) is 69.9 Å². The SMILES string of the molecule is CC[S+]1CC(C(=O)N[C@@H](C(=O)NC2CN(S(=O)(=O)[O-])C2=O)c2ccccc2)=C2C(=O)C=C(Br)N=C21.[Na+]. The molecule has 3 heterocycles. The topological polar surface area (TPSA) is 165 Å². The van der Waals surface area contributed by atoms with Crippen LogP contribution in [0, 0.1) is 0 Å². The molecule has 3 atom stereocenters. The second-order valence-corrected chi connectivity index (χ2v) is 12.1. The zero-order chi connectivity index (χ0) is 25.5. The van der Waals surface area contributed by atoms with Crippen LogP contribution in [0.1, 0.15) is 18.5 Å². The third kappa shape index (κ3) is 5.69. The van der Waals surface area contributed by atoms with Crippen LogP contribution < -0.4 is 40.2 Å². The van der Waals surface area contributed by atoms with E-state index in [0.717, 1.165) is 0 Å². The van der Waals surface area contributed by atoms with Gasteiger partial charge >= 0.3 is 29.6 Å². The summed E-state index contributed by atoms with van der Waals surface area (Å²) >= 11 is 3.22. The van der Waals surface area contributed by atoms with Crippen LogP contribution in [0.3, 0.4) is 0 Å². The van der Waals surface area contributed by atoms with E-state index in [1.54, 1.807) is 30.3 Å². The first-order chi connectivity index (χ1) is 16.5. The fourth-order valence-corrected chi connectivity index (χ4v) is 6.97. The average molecular weight is 606 g/mol. The number of ketones is 1. The summed E-state index contributed by atoms with van der Waals surface area (Å²) in [5.41, 5.74) is 0.865. The van der Waals surface area contributed by atoms with Crippen molar-refractivity contribution in [3.8, 4) is 0 Å². The molecule has 0 spiro atoms. The molecule has 0 radical (unpaired) electrons. The molecule has 0 aliphatic carbocycles. The minimum atomic E-state index is -4.96. The summed E-state index contributed by atoms with van der Waals surface area (Å²) in [6, 6.07) is 5.78. The Morgan fingerprint density at radius 3 is 2.53 bits per heavy atom. The maximum Gasteiger partial charge on any atom is 1.00 e. The van der Waals surface area contributed by atoms with Crippen molar-refractivity contribution in [3.63, 3.8) is 0 Å². The van der Waals surface area contributed by atoms with Gasteiger partial charge in [-0.05, 0) is 28.4 Å². The standard InChI is InChI=1S/C21H19BrN4O7S2.Na/c1-2-34-10-12(16-14(27)8-15(22)24-20(16)34)18(28)25-17(11-6-4-3-5-7-11)19(29)23-13-9-26(21(13)30)35(31,32)33;/h3-8,13,17H,2,9-10H2,1H3,(H2-,23,25,28,29,31,32,33);/q;+1/t13?,17-,34?;/m1./s1. The van der Waals surface area contributed by atoms with Gasteiger partial charge in [0, 0.05) is 17.0 Å². The van der Waals surface area contributed by atoms with Crippen molar-refractivity contribution in [2.75, 3.05) is 18.1 Å². The summed E-state index contributed by atoms with van der Waals surface area (Å²) in [7, 11) is -5.40. The Labute approximate surface area is 240 Å². The number of carbonyl (C=O) groups is 4. The van der Waals surface area contributed by atoms with Gasteiger partial charge in [-0.1, -0.05) is 30.3 Å². The largest absolute Gasteiger partial charge is 1.00 e. The van der Waals surface area contributed by atoms with E-state index in [1.807, 2.05) is 6.92 Å². The molecule has 11 nitrogen and oxygen atoms in total. The van der Waals surface area contributed by atoms with Crippen molar-refractivity contribution in [1.29, 1.82) is 0 Å². The summed E-state index contributed by atoms with van der Waals surface area (Å²) < 4.78 is 33.6. The number of halogens is 1. The Morgan fingerprint density at radius 2 is 1.94 bits per heavy atom. The molecule has 2 N–H and O–H groups in total. The first-order valence-corrected chi connectivity index (χ1v) is 14.1. The molecule has 1 fully saturated rings. The van der Waals surface area contributed by atoms with Crippen LogP contribution in [0.2, 0.25) is 0 Å². The third-order valence-corrected chi connectivity index (χ3v) is 9.04. The van der Waals surface area contributed by atoms with Gasteiger partial charge in [0.05, 0.1) is 12.1 Å². The number of benzene rings is 1. The molecule has 0 aromatic heterocycles. The van der Waals surface area contributed by atoms with Crippen LogP contribution in [0.5, 0.6) is 0 Å². The van der Waals surface area contributed by atoms with Gasteiger partial charge in [0.1, 0.15) is 33.8 Å². The first kappa shape index (κ1) is 28.8. The molecule has 1 aromatic carbocycles. The van der Waals surface area contributed by atoms with Crippen LogP contribution in [-0.2, 0) is 40.4 Å². The van der Waals surface area contributed by atoms with Gasteiger partial charge in [-0.3, -0.25) is 19.2 Å². The van der Waals surface area contributed by atoms with Gasteiger partial charge in [-0.15, -0.1) is 0 Å². The van der Waals surface area contributed by atoms with Gasteiger partial charge in [0.25, 0.3) is 16.9 Å². The molecule has 36 heavy (non-hydrogen) atoms. The van der Waals surface area contributed by atoms with E-state index < -0.39 is 57.5 Å². The molecule has 3 amide bonds. The number of amides is 3. The van der Waals surface area contributed by atoms with Gasteiger partial charge in [0.2, 0.25) is 5.91 Å². The van der Waals surface area contributed by atoms with Crippen molar-refractivity contribution in [3.05, 3.63) is 57.7 Å². The van der Waals surface area contributed by atoms with Crippen molar-refractivity contribution < 1.29 is 61.7 Å². The number of hydrogen-bond donors (Lipinski definition) is 2. The average Bonchev–Trinajstić information content (AvgIpc) is 3.18. The molecule has 4 rings (SSSR count). The molecule has 15 heteroatoms. The van der Waals surface area contributed by atoms with Gasteiger partial charge in [-0.25, -0.2) is 12.7 Å². The monoisotopic (exact) mass is 605 g/mol. The summed E-state index contributed by atoms with van der Waals surface area (Å²) in [4.78, 5) is 55.5. The fraction of sp³-hybridized carbons (Fsp3) is 0.286. The van der Waals surface area contributed by atoms with E-state index in [4.69, 9.17) is 0 Å². The molecular weight excluding hydrogens is 587 g/mol. The molecule has 1 saturated heterocycles. The number of hydrogen-bond acceptors (Lipinski definition) is 8. The molecule has 184 valence electrons. The predicted octanol–water partition coefficient (Wildman–Crippen LogP) is -3.20. The van der Waals surface area contributed by atoms with E-state index in [-0.39, 0.29) is 50.8 Å². The maximum absolute atomic E-state index is 13.3. The normalized spacial score (nSPS) is 22.0. The van der Waals surface area contributed by atoms with E-state index in [1.165, 1.54) is 6.08 Å². The summed E-state index contributed by atoms with van der Waals surface area (Å²) in [6.45, 7) is 1.44. The van der Waals surface area contributed by atoms with E-state index >= 15 is 0 Å². The molecule has 0 bridgehead atoms. The zero-order valence-electron chi connectivity index (χ0n) is 19.2. The summed E-state index contributed by atoms with van der Waals surface area (Å²) in [5.74, 6) is -1.81. The van der Waals surface area contributed by atoms with E-state index in [9.17, 15) is 32.1 Å². The number of aliphatic imine (C=N–C) groups is 1. The van der Waals surface area contributed by atoms with Gasteiger partial charge < -0.3 is 15.2 Å². The van der Waals surface area contributed by atoms with Crippen molar-refractivity contribution in [2.24, 2.45) is 4.99 Å². The Morgan fingerprint density at radius 1 is 1.28 bits per heavy atom. The van der Waals surface area contributed by atoms with Crippen LogP contribution in [0.15, 0.2) is 57.2 Å². The Hall–Kier alpha value is -1.81. The molecule has 3 aliphatic rings. The van der Waals surface area contributed by atoms with Gasteiger partial charge in [-0.2, -0.15) is 4.99 Å². The second-order valence-electron chi connectivity index (χ2n) is 7.73. The summed E-state index contributed by atoms with van der Waals surface area (Å²) in [5, 5.41) is 5.58. The van der Waals surface area contributed by atoms with E-state index in [0.29, 0.717) is 26.7 Å². The minimum absolute atomic E-state index is 0. The zero-order valence-corrected chi connectivity index (χ0v) is 24.4. The van der Waals surface area contributed by atoms with Crippen LogP contribution in [0.4, 0.5) is 0 Å². The number of carbonyl (C=O) groups excluding carboxylic acids is 4. The third-order valence-electron chi connectivity index (χ3n) is 5.58. The molecular formula is C21H19BrN4NaO7S2+. The summed E-state index contributed by atoms with van der Waals surface area (Å²) in [6.07, 6.45) is 1.29. The minimum Gasteiger partial charge on any atom is -0.731 e. The Bertz CT molecular complexity index is 1330. The number of rotatable bonds is 7. The Kier molecular flexibility index (Phi) is 9.02. The fourth-order valence-electron chi connectivity index (χ4n) is 3.81. The Balaban J connectivity index is 0.00000361.